The van der Waals surface area contributed by atoms with Gasteiger partial charge < -0.3 is 13.9 Å². The van der Waals surface area contributed by atoms with Gasteiger partial charge in [-0.05, 0) is 42.0 Å². The van der Waals surface area contributed by atoms with Crippen molar-refractivity contribution in [3.8, 4) is 0 Å². The van der Waals surface area contributed by atoms with Crippen LogP contribution in [-0.4, -0.2) is 38.4 Å². The SMILES string of the molecule is C=C(CC(c1ccco1)N(C)C(=O)CSc1nnc2n1CCCCC2)c1cccs1. The average molecular weight is 443 g/mol. The smallest absolute Gasteiger partial charge is 0.233 e. The lowest BCUT2D eigenvalue weighted by atomic mass is 10.0. The zero-order valence-corrected chi connectivity index (χ0v) is 18.8. The zero-order chi connectivity index (χ0) is 20.9. The van der Waals surface area contributed by atoms with Gasteiger partial charge in [0.2, 0.25) is 5.91 Å². The maximum atomic E-state index is 13.1. The van der Waals surface area contributed by atoms with E-state index in [9.17, 15) is 4.79 Å². The number of nitrogens with zero attached hydrogens (tertiary/aromatic N) is 4. The molecule has 1 unspecified atom stereocenters. The molecule has 0 N–H and O–H groups in total. The number of aromatic nitrogens is 3. The molecule has 1 aliphatic rings. The van der Waals surface area contributed by atoms with Crippen LogP contribution in [0.2, 0.25) is 0 Å². The van der Waals surface area contributed by atoms with E-state index < -0.39 is 0 Å². The molecule has 0 aliphatic carbocycles. The van der Waals surface area contributed by atoms with Gasteiger partial charge in [-0.15, -0.1) is 21.5 Å². The molecular weight excluding hydrogens is 416 g/mol. The number of thiophene rings is 1. The fourth-order valence-electron chi connectivity index (χ4n) is 3.69. The van der Waals surface area contributed by atoms with Crippen molar-refractivity contribution in [1.82, 2.24) is 19.7 Å². The van der Waals surface area contributed by atoms with Gasteiger partial charge in [-0.1, -0.05) is 30.8 Å². The Balaban J connectivity index is 1.43. The Morgan fingerprint density at radius 1 is 1.33 bits per heavy atom. The topological polar surface area (TPSA) is 64.2 Å². The molecule has 0 bridgehead atoms. The predicted molar refractivity (Wildman–Crippen MR) is 120 cm³/mol. The summed E-state index contributed by atoms with van der Waals surface area (Å²) in [6.45, 7) is 5.17. The van der Waals surface area contributed by atoms with E-state index in [4.69, 9.17) is 4.42 Å². The number of aryl methyl sites for hydroxylation is 1. The van der Waals surface area contributed by atoms with E-state index in [1.165, 1.54) is 18.2 Å². The summed E-state index contributed by atoms with van der Waals surface area (Å²) >= 11 is 3.12. The molecule has 3 aromatic heterocycles. The van der Waals surface area contributed by atoms with E-state index in [0.29, 0.717) is 12.2 Å². The molecule has 1 aliphatic heterocycles. The van der Waals surface area contributed by atoms with Crippen molar-refractivity contribution in [2.75, 3.05) is 12.8 Å². The predicted octanol–water partition coefficient (Wildman–Crippen LogP) is 5.05. The second-order valence-corrected chi connectivity index (χ2v) is 9.36. The van der Waals surface area contributed by atoms with Crippen molar-refractivity contribution in [3.05, 3.63) is 58.9 Å². The number of rotatable bonds is 8. The highest BCUT2D eigenvalue weighted by Gasteiger charge is 2.26. The third kappa shape index (κ3) is 4.70. The normalized spacial score (nSPS) is 14.7. The number of furan rings is 1. The van der Waals surface area contributed by atoms with Gasteiger partial charge in [-0.2, -0.15) is 0 Å². The highest BCUT2D eigenvalue weighted by molar-refractivity contribution is 7.99. The highest BCUT2D eigenvalue weighted by Crippen LogP contribution is 2.33. The Morgan fingerprint density at radius 3 is 3.00 bits per heavy atom. The van der Waals surface area contributed by atoms with Crippen LogP contribution in [0.1, 0.15) is 48.2 Å². The van der Waals surface area contributed by atoms with Crippen LogP contribution in [0.5, 0.6) is 0 Å². The van der Waals surface area contributed by atoms with Crippen molar-refractivity contribution >= 4 is 34.6 Å². The summed E-state index contributed by atoms with van der Waals surface area (Å²) in [6.07, 6.45) is 6.75. The van der Waals surface area contributed by atoms with E-state index in [1.807, 2.05) is 30.6 Å². The van der Waals surface area contributed by atoms with E-state index >= 15 is 0 Å². The van der Waals surface area contributed by atoms with Crippen LogP contribution in [0.4, 0.5) is 0 Å². The number of thioether (sulfide) groups is 1. The fraction of sp³-hybridized carbons (Fsp3) is 0.409. The molecule has 0 saturated carbocycles. The molecule has 6 nitrogen and oxygen atoms in total. The van der Waals surface area contributed by atoms with Gasteiger partial charge in [0.05, 0.1) is 18.1 Å². The van der Waals surface area contributed by atoms with Crippen molar-refractivity contribution in [2.24, 2.45) is 0 Å². The van der Waals surface area contributed by atoms with Gasteiger partial charge in [-0.3, -0.25) is 4.79 Å². The Labute approximate surface area is 185 Å². The monoisotopic (exact) mass is 442 g/mol. The van der Waals surface area contributed by atoms with Gasteiger partial charge in [-0.25, -0.2) is 0 Å². The first-order valence-electron chi connectivity index (χ1n) is 10.2. The Hall–Kier alpha value is -2.32. The largest absolute Gasteiger partial charge is 0.467 e. The van der Waals surface area contributed by atoms with Crippen LogP contribution in [-0.2, 0) is 17.8 Å². The second kappa shape index (κ2) is 9.66. The minimum atomic E-state index is -0.196. The molecule has 0 radical (unpaired) electrons. The van der Waals surface area contributed by atoms with Crippen LogP contribution in [0.25, 0.3) is 5.57 Å². The molecular formula is C22H26N4O2S2. The highest BCUT2D eigenvalue weighted by atomic mass is 32.2. The molecule has 4 rings (SSSR count). The van der Waals surface area contributed by atoms with E-state index in [-0.39, 0.29) is 11.9 Å². The van der Waals surface area contributed by atoms with E-state index in [2.05, 4.69) is 27.4 Å². The molecule has 0 spiro atoms. The van der Waals surface area contributed by atoms with Gasteiger partial charge in [0.15, 0.2) is 5.16 Å². The number of hydrogen-bond donors (Lipinski definition) is 0. The second-order valence-electron chi connectivity index (χ2n) is 7.47. The summed E-state index contributed by atoms with van der Waals surface area (Å²) in [7, 11) is 1.84. The van der Waals surface area contributed by atoms with Crippen LogP contribution in [0.15, 0.2) is 52.1 Å². The molecule has 1 atom stereocenters. The third-order valence-electron chi connectivity index (χ3n) is 5.44. The van der Waals surface area contributed by atoms with Crippen molar-refractivity contribution < 1.29 is 9.21 Å². The van der Waals surface area contributed by atoms with E-state index in [1.54, 1.807) is 22.5 Å². The van der Waals surface area contributed by atoms with E-state index in [0.717, 1.165) is 53.0 Å². The minimum Gasteiger partial charge on any atom is -0.467 e. The van der Waals surface area contributed by atoms with Crippen molar-refractivity contribution in [3.63, 3.8) is 0 Å². The standard InChI is InChI=1S/C22H26N4O2S2/c1-16(19-9-7-13-29-19)14-17(18-8-6-12-28-18)25(2)21(27)15-30-22-24-23-20-10-4-3-5-11-26(20)22/h6-9,12-13,17H,1,3-5,10-11,14-15H2,2H3. The van der Waals surface area contributed by atoms with Gasteiger partial charge in [0.25, 0.3) is 0 Å². The summed E-state index contributed by atoms with van der Waals surface area (Å²) in [5.74, 6) is 2.16. The lowest BCUT2D eigenvalue weighted by Gasteiger charge is -2.27. The van der Waals surface area contributed by atoms with Crippen LogP contribution in [0.3, 0.4) is 0 Å². The average Bonchev–Trinajstić information content (AvgIpc) is 3.50. The van der Waals surface area contributed by atoms with Crippen LogP contribution in [0, 0.1) is 0 Å². The summed E-state index contributed by atoms with van der Waals surface area (Å²) in [6, 6.07) is 7.65. The number of amides is 1. The molecule has 0 aromatic carbocycles. The number of carbonyl (C=O) groups is 1. The molecule has 158 valence electrons. The quantitative estimate of drug-likeness (QED) is 0.457. The minimum absolute atomic E-state index is 0.0337. The molecule has 4 heterocycles. The first-order chi connectivity index (χ1) is 14.6. The molecule has 0 saturated heterocycles. The lowest BCUT2D eigenvalue weighted by Crippen LogP contribution is -2.32. The van der Waals surface area contributed by atoms with Crippen molar-refractivity contribution in [1.29, 1.82) is 0 Å². The summed E-state index contributed by atoms with van der Waals surface area (Å²) < 4.78 is 7.83. The lowest BCUT2D eigenvalue weighted by molar-refractivity contribution is -0.129. The van der Waals surface area contributed by atoms with Gasteiger partial charge in [0.1, 0.15) is 11.6 Å². The maximum Gasteiger partial charge on any atom is 0.233 e. The summed E-state index contributed by atoms with van der Waals surface area (Å²) in [5.41, 5.74) is 1.00. The number of fused-ring (bicyclic) bond motifs is 1. The Bertz CT molecular complexity index is 979. The Kier molecular flexibility index (Phi) is 6.74. The molecule has 3 aromatic rings. The summed E-state index contributed by atoms with van der Waals surface area (Å²) in [4.78, 5) is 16.0. The van der Waals surface area contributed by atoms with Crippen LogP contribution >= 0.6 is 23.1 Å². The molecule has 1 amide bonds. The first kappa shape index (κ1) is 20.9. The zero-order valence-electron chi connectivity index (χ0n) is 17.1. The molecule has 0 fully saturated rings. The number of hydrogen-bond acceptors (Lipinski definition) is 6. The van der Waals surface area contributed by atoms with Crippen molar-refractivity contribution in [2.45, 2.75) is 49.8 Å². The van der Waals surface area contributed by atoms with Gasteiger partial charge in [0, 0.05) is 31.3 Å². The van der Waals surface area contributed by atoms with Crippen LogP contribution < -0.4 is 0 Å². The Morgan fingerprint density at radius 2 is 2.23 bits per heavy atom. The molecule has 30 heavy (non-hydrogen) atoms. The maximum absolute atomic E-state index is 13.1. The molecule has 8 heteroatoms. The number of carbonyl (C=O) groups excluding carboxylic acids is 1. The fourth-order valence-corrected chi connectivity index (χ4v) is 5.31. The summed E-state index contributed by atoms with van der Waals surface area (Å²) in [5, 5.41) is 11.5. The third-order valence-corrected chi connectivity index (χ3v) is 7.37. The first-order valence-corrected chi connectivity index (χ1v) is 12.1. The van der Waals surface area contributed by atoms with Gasteiger partial charge >= 0.3 is 0 Å².